The fraction of sp³-hybridized carbons (Fsp3) is 0.625. The lowest BCUT2D eigenvalue weighted by molar-refractivity contribution is -0.142. The Morgan fingerprint density at radius 1 is 1.60 bits per heavy atom. The van der Waals surface area contributed by atoms with Crippen LogP contribution in [0.3, 0.4) is 0 Å². The van der Waals surface area contributed by atoms with E-state index in [1.165, 1.54) is 17.5 Å². The first-order chi connectivity index (χ1) is 7.10. The summed E-state index contributed by atoms with van der Waals surface area (Å²) in [6.45, 7) is 0.179. The Hall–Kier alpha value is -1.63. The lowest BCUT2D eigenvalue weighted by atomic mass is 9.96. The third-order valence-corrected chi connectivity index (χ3v) is 2.28. The van der Waals surface area contributed by atoms with Gasteiger partial charge in [0.1, 0.15) is 11.7 Å². The molecule has 1 rings (SSSR count). The van der Waals surface area contributed by atoms with Crippen LogP contribution in [-0.2, 0) is 14.3 Å². The third kappa shape index (κ3) is 2.44. The van der Waals surface area contributed by atoms with Crippen molar-refractivity contribution in [2.75, 3.05) is 20.2 Å². The van der Waals surface area contributed by atoms with Crippen molar-refractivity contribution in [3.8, 4) is 0 Å². The number of amides is 2. The van der Waals surface area contributed by atoms with Crippen LogP contribution >= 0.6 is 0 Å². The molecule has 15 heavy (non-hydrogen) atoms. The number of Topliss-reactive ketones (excluding diaryl/α,β-unsaturated/α-hetero) is 1. The molecule has 7 nitrogen and oxygen atoms in total. The van der Waals surface area contributed by atoms with Gasteiger partial charge >= 0.3 is 6.09 Å². The number of ketones is 1. The summed E-state index contributed by atoms with van der Waals surface area (Å²) < 4.78 is 4.47. The van der Waals surface area contributed by atoms with Gasteiger partial charge in [0, 0.05) is 19.5 Å². The Morgan fingerprint density at radius 2 is 2.27 bits per heavy atom. The van der Waals surface area contributed by atoms with Crippen molar-refractivity contribution in [1.29, 1.82) is 0 Å². The van der Waals surface area contributed by atoms with Gasteiger partial charge in [0.15, 0.2) is 0 Å². The van der Waals surface area contributed by atoms with Crippen molar-refractivity contribution in [3.63, 3.8) is 0 Å². The summed E-state index contributed by atoms with van der Waals surface area (Å²) in [4.78, 5) is 34.8. The van der Waals surface area contributed by atoms with Gasteiger partial charge < -0.3 is 9.64 Å². The van der Waals surface area contributed by atoms with Gasteiger partial charge in [0.25, 0.3) is 5.91 Å². The first-order valence-corrected chi connectivity index (χ1v) is 4.39. The molecule has 1 aliphatic heterocycles. The van der Waals surface area contributed by atoms with Crippen LogP contribution in [0.15, 0.2) is 0 Å². The highest BCUT2D eigenvalue weighted by atomic mass is 16.5. The maximum absolute atomic E-state index is 11.3. The lowest BCUT2D eigenvalue weighted by Gasteiger charge is -2.29. The normalized spacial score (nSPS) is 21.1. The highest BCUT2D eigenvalue weighted by Crippen LogP contribution is 2.13. The van der Waals surface area contributed by atoms with Crippen molar-refractivity contribution < 1.29 is 24.3 Å². The highest BCUT2D eigenvalue weighted by molar-refractivity contribution is 6.02. The smallest absolute Gasteiger partial charge is 0.409 e. The maximum Gasteiger partial charge on any atom is 0.409 e. The molecule has 84 valence electrons. The van der Waals surface area contributed by atoms with Crippen LogP contribution in [0.2, 0.25) is 0 Å². The Kier molecular flexibility index (Phi) is 3.62. The Morgan fingerprint density at radius 3 is 2.80 bits per heavy atom. The number of methoxy groups -OCH3 is 1. The molecule has 2 amide bonds. The van der Waals surface area contributed by atoms with Crippen LogP contribution < -0.4 is 5.48 Å². The minimum absolute atomic E-state index is 0.0576. The first kappa shape index (κ1) is 11.4. The number of carbonyl (C=O) groups excluding carboxylic acids is 3. The van der Waals surface area contributed by atoms with Gasteiger partial charge in [-0.15, -0.1) is 0 Å². The molecule has 1 heterocycles. The van der Waals surface area contributed by atoms with Crippen LogP contribution in [0, 0.1) is 5.92 Å². The molecular weight excluding hydrogens is 204 g/mol. The van der Waals surface area contributed by atoms with Gasteiger partial charge in [0.05, 0.1) is 7.11 Å². The van der Waals surface area contributed by atoms with Crippen molar-refractivity contribution in [2.24, 2.45) is 5.92 Å². The lowest BCUT2D eigenvalue weighted by Crippen LogP contribution is -2.49. The van der Waals surface area contributed by atoms with E-state index in [0.717, 1.165) is 0 Å². The zero-order valence-corrected chi connectivity index (χ0v) is 8.23. The summed E-state index contributed by atoms with van der Waals surface area (Å²) in [6.07, 6.45) is -0.495. The highest BCUT2D eigenvalue weighted by Gasteiger charge is 2.34. The number of ether oxygens (including phenoxy) is 1. The summed E-state index contributed by atoms with van der Waals surface area (Å²) in [6, 6.07) is 0. The summed E-state index contributed by atoms with van der Waals surface area (Å²) in [5.41, 5.74) is 1.40. The number of hydrogen-bond donors (Lipinski definition) is 2. The zero-order valence-electron chi connectivity index (χ0n) is 8.23. The Bertz CT molecular complexity index is 283. The van der Waals surface area contributed by atoms with Gasteiger partial charge in [-0.05, 0) is 0 Å². The third-order valence-electron chi connectivity index (χ3n) is 2.28. The van der Waals surface area contributed by atoms with Crippen LogP contribution in [-0.4, -0.2) is 48.1 Å². The van der Waals surface area contributed by atoms with E-state index >= 15 is 0 Å². The number of carbonyl (C=O) groups is 3. The van der Waals surface area contributed by atoms with E-state index in [9.17, 15) is 14.4 Å². The average Bonchev–Trinajstić information content (AvgIpc) is 2.27. The molecule has 0 aromatic carbocycles. The zero-order chi connectivity index (χ0) is 11.4. The maximum atomic E-state index is 11.3. The molecule has 1 fully saturated rings. The number of nitrogens with one attached hydrogen (secondary N) is 1. The number of hydrogen-bond acceptors (Lipinski definition) is 5. The van der Waals surface area contributed by atoms with Crippen molar-refractivity contribution in [1.82, 2.24) is 10.4 Å². The summed E-state index contributed by atoms with van der Waals surface area (Å²) >= 11 is 0. The number of likely N-dealkylation sites (tertiary alicyclic amines) is 1. The molecule has 1 atom stereocenters. The fourth-order valence-corrected chi connectivity index (χ4v) is 1.43. The molecule has 0 radical (unpaired) electrons. The van der Waals surface area contributed by atoms with E-state index in [1.807, 2.05) is 0 Å². The minimum atomic E-state index is -1.01. The predicted octanol–water partition coefficient (Wildman–Crippen LogP) is -0.851. The predicted molar refractivity (Wildman–Crippen MR) is 47.0 cm³/mol. The van der Waals surface area contributed by atoms with Gasteiger partial charge in [-0.25, -0.2) is 10.3 Å². The van der Waals surface area contributed by atoms with Crippen LogP contribution in [0.1, 0.15) is 6.42 Å². The molecular formula is C8H12N2O5. The molecule has 0 aliphatic carbocycles. The second-order valence-electron chi connectivity index (χ2n) is 3.16. The molecule has 0 aromatic heterocycles. The average molecular weight is 216 g/mol. The van der Waals surface area contributed by atoms with E-state index in [4.69, 9.17) is 5.21 Å². The molecule has 2 N–H and O–H groups in total. The Balaban J connectivity index is 2.68. The quantitative estimate of drug-likeness (QED) is 0.338. The molecule has 1 aliphatic rings. The van der Waals surface area contributed by atoms with Gasteiger partial charge in [-0.3, -0.25) is 14.8 Å². The molecule has 1 unspecified atom stereocenters. The number of hydroxylamine groups is 1. The standard InChI is InChI=1S/C8H12N2O5/c1-15-8(13)10-3-2-6(11)5(4-10)7(12)9-14/h5,14H,2-4H2,1H3,(H,9,12). The second kappa shape index (κ2) is 4.74. The van der Waals surface area contributed by atoms with Gasteiger partial charge in [-0.1, -0.05) is 0 Å². The molecule has 0 bridgehead atoms. The summed E-state index contributed by atoms with van der Waals surface area (Å²) in [7, 11) is 1.22. The topological polar surface area (TPSA) is 95.9 Å². The van der Waals surface area contributed by atoms with Crippen LogP contribution in [0.4, 0.5) is 4.79 Å². The van der Waals surface area contributed by atoms with Crippen LogP contribution in [0.5, 0.6) is 0 Å². The summed E-state index contributed by atoms with van der Waals surface area (Å²) in [5.74, 6) is -2.10. The van der Waals surface area contributed by atoms with Crippen molar-refractivity contribution >= 4 is 17.8 Å². The first-order valence-electron chi connectivity index (χ1n) is 4.39. The molecule has 1 saturated heterocycles. The number of rotatable bonds is 1. The van der Waals surface area contributed by atoms with E-state index < -0.39 is 17.9 Å². The number of piperidine rings is 1. The van der Waals surface area contributed by atoms with Crippen molar-refractivity contribution in [2.45, 2.75) is 6.42 Å². The van der Waals surface area contributed by atoms with E-state index in [1.54, 1.807) is 0 Å². The minimum Gasteiger partial charge on any atom is -0.453 e. The van der Waals surface area contributed by atoms with E-state index in [2.05, 4.69) is 4.74 Å². The van der Waals surface area contributed by atoms with Gasteiger partial charge in [0.2, 0.25) is 0 Å². The molecule has 7 heteroatoms. The monoisotopic (exact) mass is 216 g/mol. The van der Waals surface area contributed by atoms with E-state index in [-0.39, 0.29) is 25.3 Å². The Labute approximate surface area is 85.9 Å². The van der Waals surface area contributed by atoms with E-state index in [0.29, 0.717) is 0 Å². The molecule has 0 aromatic rings. The second-order valence-corrected chi connectivity index (χ2v) is 3.16. The van der Waals surface area contributed by atoms with Crippen LogP contribution in [0.25, 0.3) is 0 Å². The summed E-state index contributed by atoms with van der Waals surface area (Å²) in [5, 5.41) is 8.40. The largest absolute Gasteiger partial charge is 0.453 e. The molecule has 0 saturated carbocycles. The SMILES string of the molecule is COC(=O)N1CCC(=O)C(C(=O)NO)C1. The number of nitrogens with zero attached hydrogens (tertiary/aromatic N) is 1. The fourth-order valence-electron chi connectivity index (χ4n) is 1.43. The molecule has 0 spiro atoms. The van der Waals surface area contributed by atoms with Crippen molar-refractivity contribution in [3.05, 3.63) is 0 Å². The van der Waals surface area contributed by atoms with Gasteiger partial charge in [-0.2, -0.15) is 0 Å².